The molecule has 2 nitrogen and oxygen atoms in total. The largest absolute Gasteiger partial charge is 0.369 e. The number of carbonyl (C=O) groups is 1. The van der Waals surface area contributed by atoms with E-state index in [4.69, 9.17) is 0 Å². The Morgan fingerprint density at radius 1 is 1.33 bits per heavy atom. The van der Waals surface area contributed by atoms with E-state index >= 15 is 0 Å². The number of thioether (sulfide) groups is 1. The van der Waals surface area contributed by atoms with Crippen LogP contribution in [0.5, 0.6) is 0 Å². The van der Waals surface area contributed by atoms with Crippen molar-refractivity contribution in [2.45, 2.75) is 0 Å². The lowest BCUT2D eigenvalue weighted by Gasteiger charge is -2.29. The van der Waals surface area contributed by atoms with E-state index in [0.29, 0.717) is 6.29 Å². The maximum Gasteiger partial charge on any atom is 0.155 e. The van der Waals surface area contributed by atoms with Crippen LogP contribution in [0.4, 0.5) is 10.1 Å². The molecule has 80 valence electrons. The number of carbonyl (C=O) groups excluding carboxylic acids is 1. The Balaban J connectivity index is 2.33. The molecule has 1 heterocycles. The third-order valence-corrected chi connectivity index (χ3v) is 3.44. The van der Waals surface area contributed by atoms with Crippen LogP contribution in [-0.2, 0) is 0 Å². The lowest BCUT2D eigenvalue weighted by Crippen LogP contribution is -2.33. The normalized spacial score (nSPS) is 16.5. The van der Waals surface area contributed by atoms with Gasteiger partial charge in [-0.15, -0.1) is 0 Å². The van der Waals surface area contributed by atoms with Crippen molar-refractivity contribution >= 4 is 23.7 Å². The van der Waals surface area contributed by atoms with Crippen molar-refractivity contribution in [3.8, 4) is 0 Å². The Labute approximate surface area is 92.5 Å². The highest BCUT2D eigenvalue weighted by Crippen LogP contribution is 2.24. The van der Waals surface area contributed by atoms with Gasteiger partial charge < -0.3 is 4.90 Å². The van der Waals surface area contributed by atoms with Gasteiger partial charge in [0.15, 0.2) is 6.29 Å². The van der Waals surface area contributed by atoms with E-state index < -0.39 is 5.82 Å². The first-order valence-electron chi connectivity index (χ1n) is 4.89. The second-order valence-electron chi connectivity index (χ2n) is 3.39. The number of hydrogen-bond donors (Lipinski definition) is 0. The van der Waals surface area contributed by atoms with Gasteiger partial charge in [-0.2, -0.15) is 11.8 Å². The van der Waals surface area contributed by atoms with Gasteiger partial charge >= 0.3 is 0 Å². The van der Waals surface area contributed by atoms with Crippen LogP contribution in [-0.4, -0.2) is 30.9 Å². The number of halogens is 1. The fourth-order valence-electron chi connectivity index (χ4n) is 1.72. The van der Waals surface area contributed by atoms with Crippen LogP contribution >= 0.6 is 11.8 Å². The van der Waals surface area contributed by atoms with E-state index in [1.165, 1.54) is 6.07 Å². The predicted octanol–water partition coefficient (Wildman–Crippen LogP) is 2.19. The Hall–Kier alpha value is -1.03. The lowest BCUT2D eigenvalue weighted by molar-refractivity contribution is 0.112. The minimum absolute atomic E-state index is 0.185. The highest BCUT2D eigenvalue weighted by atomic mass is 32.2. The van der Waals surface area contributed by atoms with Crippen LogP contribution in [0.2, 0.25) is 0 Å². The third-order valence-electron chi connectivity index (χ3n) is 2.50. The fourth-order valence-corrected chi connectivity index (χ4v) is 2.63. The first-order chi connectivity index (χ1) is 7.33. The molecule has 0 amide bonds. The van der Waals surface area contributed by atoms with Gasteiger partial charge in [0.25, 0.3) is 0 Å². The van der Waals surface area contributed by atoms with Crippen LogP contribution in [0, 0.1) is 5.82 Å². The number of hydrogen-bond acceptors (Lipinski definition) is 3. The van der Waals surface area contributed by atoms with E-state index in [-0.39, 0.29) is 5.56 Å². The molecule has 1 aromatic carbocycles. The summed E-state index contributed by atoms with van der Waals surface area (Å²) in [6.45, 7) is 1.77. The van der Waals surface area contributed by atoms with Gasteiger partial charge in [0.05, 0.1) is 11.3 Å². The molecule has 1 saturated heterocycles. The fraction of sp³-hybridized carbons (Fsp3) is 0.364. The molecule has 0 aliphatic carbocycles. The number of nitrogens with zero attached hydrogens (tertiary/aromatic N) is 1. The average Bonchev–Trinajstić information content (AvgIpc) is 2.30. The molecule has 1 aliphatic rings. The van der Waals surface area contributed by atoms with Crippen LogP contribution in [0.25, 0.3) is 0 Å². The standard InChI is InChI=1S/C11H12FNOS/c12-10-2-1-3-11(9(10)8-14)13-4-6-15-7-5-13/h1-3,8H,4-7H2. The molecular weight excluding hydrogens is 213 g/mol. The van der Waals surface area contributed by atoms with Gasteiger partial charge in [-0.1, -0.05) is 6.07 Å². The Morgan fingerprint density at radius 2 is 2.07 bits per heavy atom. The zero-order valence-electron chi connectivity index (χ0n) is 8.28. The van der Waals surface area contributed by atoms with E-state index in [2.05, 4.69) is 4.90 Å². The van der Waals surface area contributed by atoms with E-state index in [9.17, 15) is 9.18 Å². The van der Waals surface area contributed by atoms with E-state index in [1.54, 1.807) is 6.07 Å². The zero-order valence-corrected chi connectivity index (χ0v) is 9.10. The van der Waals surface area contributed by atoms with Crippen LogP contribution < -0.4 is 4.90 Å². The molecule has 15 heavy (non-hydrogen) atoms. The quantitative estimate of drug-likeness (QED) is 0.720. The molecule has 2 rings (SSSR count). The summed E-state index contributed by atoms with van der Waals surface area (Å²) in [5.41, 5.74) is 0.912. The highest BCUT2D eigenvalue weighted by molar-refractivity contribution is 7.99. The summed E-state index contributed by atoms with van der Waals surface area (Å²) in [6, 6.07) is 4.79. The van der Waals surface area contributed by atoms with E-state index in [0.717, 1.165) is 30.3 Å². The molecule has 1 aliphatic heterocycles. The Bertz CT molecular complexity index is 364. The smallest absolute Gasteiger partial charge is 0.155 e. The zero-order chi connectivity index (χ0) is 10.7. The van der Waals surface area contributed by atoms with Crippen molar-refractivity contribution in [2.24, 2.45) is 0 Å². The summed E-state index contributed by atoms with van der Waals surface area (Å²) in [7, 11) is 0. The number of rotatable bonds is 2. The van der Waals surface area contributed by atoms with Crippen LogP contribution in [0.3, 0.4) is 0 Å². The SMILES string of the molecule is O=Cc1c(F)cccc1N1CCSCC1. The molecule has 0 spiro atoms. The second-order valence-corrected chi connectivity index (χ2v) is 4.61. The summed E-state index contributed by atoms with van der Waals surface area (Å²) in [4.78, 5) is 12.9. The van der Waals surface area contributed by atoms with Crippen LogP contribution in [0.15, 0.2) is 18.2 Å². The maximum atomic E-state index is 13.3. The monoisotopic (exact) mass is 225 g/mol. The molecular formula is C11H12FNOS. The first-order valence-corrected chi connectivity index (χ1v) is 6.05. The molecule has 4 heteroatoms. The summed E-state index contributed by atoms with van der Waals surface area (Å²) in [6.07, 6.45) is 0.604. The highest BCUT2D eigenvalue weighted by Gasteiger charge is 2.16. The van der Waals surface area contributed by atoms with Crippen molar-refractivity contribution in [1.82, 2.24) is 0 Å². The molecule has 0 saturated carbocycles. The molecule has 0 N–H and O–H groups in total. The minimum Gasteiger partial charge on any atom is -0.369 e. The second kappa shape index (κ2) is 4.66. The topological polar surface area (TPSA) is 20.3 Å². The summed E-state index contributed by atoms with van der Waals surface area (Å²) in [5.74, 6) is 1.64. The molecule has 0 atom stereocenters. The summed E-state index contributed by atoms with van der Waals surface area (Å²) in [5, 5.41) is 0. The predicted molar refractivity (Wildman–Crippen MR) is 61.3 cm³/mol. The maximum absolute atomic E-state index is 13.3. The summed E-state index contributed by atoms with van der Waals surface area (Å²) < 4.78 is 13.3. The third kappa shape index (κ3) is 2.15. The number of aldehydes is 1. The van der Waals surface area contributed by atoms with Gasteiger partial charge in [-0.25, -0.2) is 4.39 Å². The van der Waals surface area contributed by atoms with Gasteiger partial charge in [0, 0.05) is 24.6 Å². The minimum atomic E-state index is -0.430. The molecule has 1 aromatic rings. The van der Waals surface area contributed by atoms with Crippen molar-refractivity contribution in [2.75, 3.05) is 29.5 Å². The van der Waals surface area contributed by atoms with Gasteiger partial charge in [-0.05, 0) is 12.1 Å². The van der Waals surface area contributed by atoms with Crippen LogP contribution in [0.1, 0.15) is 10.4 Å². The number of anilines is 1. The van der Waals surface area contributed by atoms with Crippen molar-refractivity contribution in [3.05, 3.63) is 29.6 Å². The Kier molecular flexibility index (Phi) is 3.26. The number of benzene rings is 1. The molecule has 1 fully saturated rings. The molecule has 0 bridgehead atoms. The first kappa shape index (κ1) is 10.5. The molecule has 0 aromatic heterocycles. The van der Waals surface area contributed by atoms with Gasteiger partial charge in [0.2, 0.25) is 0 Å². The molecule has 0 radical (unpaired) electrons. The van der Waals surface area contributed by atoms with Crippen molar-refractivity contribution < 1.29 is 9.18 Å². The Morgan fingerprint density at radius 3 is 2.73 bits per heavy atom. The van der Waals surface area contributed by atoms with Crippen molar-refractivity contribution in [3.63, 3.8) is 0 Å². The van der Waals surface area contributed by atoms with Gasteiger partial charge in [-0.3, -0.25) is 4.79 Å². The summed E-state index contributed by atoms with van der Waals surface area (Å²) >= 11 is 1.89. The lowest BCUT2D eigenvalue weighted by atomic mass is 10.1. The van der Waals surface area contributed by atoms with Gasteiger partial charge in [0.1, 0.15) is 5.82 Å². The average molecular weight is 225 g/mol. The van der Waals surface area contributed by atoms with E-state index in [1.807, 2.05) is 17.8 Å². The van der Waals surface area contributed by atoms with Crippen molar-refractivity contribution in [1.29, 1.82) is 0 Å². The molecule has 0 unspecified atom stereocenters.